The van der Waals surface area contributed by atoms with Crippen LogP contribution in [0.2, 0.25) is 0 Å². The Bertz CT molecular complexity index is 548. The first-order valence-electron chi connectivity index (χ1n) is 7.57. The summed E-state index contributed by atoms with van der Waals surface area (Å²) in [5, 5.41) is 5.61. The molecule has 0 saturated carbocycles. The van der Waals surface area contributed by atoms with E-state index in [0.717, 1.165) is 12.3 Å². The topological polar surface area (TPSA) is 21.3 Å². The maximum absolute atomic E-state index is 5.89. The van der Waals surface area contributed by atoms with E-state index in [-0.39, 0.29) is 0 Å². The molecule has 1 N–H and O–H groups in total. The highest BCUT2D eigenvalue weighted by Gasteiger charge is 2.06. The van der Waals surface area contributed by atoms with Gasteiger partial charge in [0.05, 0.1) is 0 Å². The fourth-order valence-electron chi connectivity index (χ4n) is 2.28. The SMILES string of the molecule is Cc1cc(OCCNC(C)c2cccs2)cc(C(C)C)c1. The number of rotatable bonds is 7. The van der Waals surface area contributed by atoms with E-state index in [1.165, 1.54) is 16.0 Å². The van der Waals surface area contributed by atoms with Gasteiger partial charge in [-0.25, -0.2) is 0 Å². The number of aryl methyl sites for hydroxylation is 1. The first-order chi connectivity index (χ1) is 10.1. The van der Waals surface area contributed by atoms with Crippen molar-refractivity contribution in [1.29, 1.82) is 0 Å². The molecule has 1 unspecified atom stereocenters. The Morgan fingerprint density at radius 3 is 2.67 bits per heavy atom. The molecule has 1 aromatic carbocycles. The van der Waals surface area contributed by atoms with Gasteiger partial charge in [0.15, 0.2) is 0 Å². The first-order valence-corrected chi connectivity index (χ1v) is 8.45. The third-order valence-corrected chi connectivity index (χ3v) is 4.59. The molecule has 0 aliphatic rings. The van der Waals surface area contributed by atoms with E-state index >= 15 is 0 Å². The van der Waals surface area contributed by atoms with Crippen LogP contribution in [0.1, 0.15) is 48.7 Å². The van der Waals surface area contributed by atoms with Gasteiger partial charge >= 0.3 is 0 Å². The van der Waals surface area contributed by atoms with Gasteiger partial charge in [-0.2, -0.15) is 0 Å². The number of benzene rings is 1. The van der Waals surface area contributed by atoms with Gasteiger partial charge in [-0.3, -0.25) is 0 Å². The van der Waals surface area contributed by atoms with Crippen molar-refractivity contribution in [3.8, 4) is 5.75 Å². The second kappa shape index (κ2) is 7.62. The predicted molar refractivity (Wildman–Crippen MR) is 91.5 cm³/mol. The molecule has 21 heavy (non-hydrogen) atoms. The standard InChI is InChI=1S/C18H25NOS/c1-13(2)16-10-14(3)11-17(12-16)20-8-7-19-15(4)18-6-5-9-21-18/h5-6,9-13,15,19H,7-8H2,1-4H3. The Morgan fingerprint density at radius 1 is 1.19 bits per heavy atom. The van der Waals surface area contributed by atoms with Crippen LogP contribution in [0.15, 0.2) is 35.7 Å². The van der Waals surface area contributed by atoms with E-state index in [1.54, 1.807) is 11.3 Å². The fraction of sp³-hybridized carbons (Fsp3) is 0.444. The number of hydrogen-bond acceptors (Lipinski definition) is 3. The van der Waals surface area contributed by atoms with Crippen molar-refractivity contribution in [3.05, 3.63) is 51.7 Å². The number of ether oxygens (including phenoxy) is 1. The van der Waals surface area contributed by atoms with Crippen LogP contribution in [0.25, 0.3) is 0 Å². The Kier molecular flexibility index (Phi) is 5.83. The van der Waals surface area contributed by atoms with Crippen molar-refractivity contribution < 1.29 is 4.74 Å². The largest absolute Gasteiger partial charge is 0.492 e. The number of hydrogen-bond donors (Lipinski definition) is 1. The quantitative estimate of drug-likeness (QED) is 0.734. The average molecular weight is 303 g/mol. The van der Waals surface area contributed by atoms with Crippen LogP contribution in [0.4, 0.5) is 0 Å². The second-order valence-corrected chi connectivity index (χ2v) is 6.75. The van der Waals surface area contributed by atoms with Gasteiger partial charge in [-0.05, 0) is 54.5 Å². The molecule has 114 valence electrons. The fourth-order valence-corrected chi connectivity index (χ4v) is 3.03. The van der Waals surface area contributed by atoms with Gasteiger partial charge in [-0.1, -0.05) is 26.0 Å². The molecule has 0 saturated heterocycles. The van der Waals surface area contributed by atoms with E-state index in [2.05, 4.69) is 68.7 Å². The predicted octanol–water partition coefficient (Wildman–Crippen LogP) is 4.91. The molecular weight excluding hydrogens is 278 g/mol. The molecule has 2 aromatic rings. The van der Waals surface area contributed by atoms with E-state index in [4.69, 9.17) is 4.74 Å². The van der Waals surface area contributed by atoms with Gasteiger partial charge in [0.1, 0.15) is 12.4 Å². The summed E-state index contributed by atoms with van der Waals surface area (Å²) in [6.45, 7) is 10.3. The molecule has 0 radical (unpaired) electrons. The molecule has 1 heterocycles. The number of thiophene rings is 1. The molecule has 0 amide bonds. The lowest BCUT2D eigenvalue weighted by Gasteiger charge is -2.14. The molecule has 0 spiro atoms. The zero-order valence-electron chi connectivity index (χ0n) is 13.3. The summed E-state index contributed by atoms with van der Waals surface area (Å²) < 4.78 is 5.89. The molecule has 1 atom stereocenters. The van der Waals surface area contributed by atoms with Crippen LogP contribution < -0.4 is 10.1 Å². The van der Waals surface area contributed by atoms with Crippen molar-refractivity contribution in [2.45, 2.75) is 39.7 Å². The summed E-state index contributed by atoms with van der Waals surface area (Å²) in [6.07, 6.45) is 0. The number of nitrogens with one attached hydrogen (secondary N) is 1. The van der Waals surface area contributed by atoms with E-state index in [1.807, 2.05) is 0 Å². The monoisotopic (exact) mass is 303 g/mol. The molecule has 2 nitrogen and oxygen atoms in total. The van der Waals surface area contributed by atoms with E-state index in [0.29, 0.717) is 18.6 Å². The molecule has 0 fully saturated rings. The summed E-state index contributed by atoms with van der Waals surface area (Å²) in [7, 11) is 0. The summed E-state index contributed by atoms with van der Waals surface area (Å²) >= 11 is 1.79. The minimum atomic E-state index is 0.386. The van der Waals surface area contributed by atoms with Gasteiger partial charge < -0.3 is 10.1 Å². The van der Waals surface area contributed by atoms with Crippen LogP contribution in [-0.4, -0.2) is 13.2 Å². The van der Waals surface area contributed by atoms with Crippen molar-refractivity contribution >= 4 is 11.3 Å². The highest BCUT2D eigenvalue weighted by molar-refractivity contribution is 7.10. The summed E-state index contributed by atoms with van der Waals surface area (Å²) in [4.78, 5) is 1.37. The smallest absolute Gasteiger partial charge is 0.119 e. The van der Waals surface area contributed by atoms with Gasteiger partial charge in [0.2, 0.25) is 0 Å². The van der Waals surface area contributed by atoms with Crippen molar-refractivity contribution in [2.24, 2.45) is 0 Å². The summed E-state index contributed by atoms with van der Waals surface area (Å²) in [5.41, 5.74) is 2.60. The molecule has 1 aromatic heterocycles. The van der Waals surface area contributed by atoms with Crippen molar-refractivity contribution in [2.75, 3.05) is 13.2 Å². The van der Waals surface area contributed by atoms with Crippen LogP contribution in [-0.2, 0) is 0 Å². The molecule has 3 heteroatoms. The minimum absolute atomic E-state index is 0.386. The van der Waals surface area contributed by atoms with Crippen LogP contribution in [0.5, 0.6) is 5.75 Å². The van der Waals surface area contributed by atoms with Crippen LogP contribution in [0, 0.1) is 6.92 Å². The Balaban J connectivity index is 1.81. The van der Waals surface area contributed by atoms with Gasteiger partial charge in [-0.15, -0.1) is 11.3 Å². The van der Waals surface area contributed by atoms with Crippen LogP contribution in [0.3, 0.4) is 0 Å². The third-order valence-electron chi connectivity index (χ3n) is 3.53. The highest BCUT2D eigenvalue weighted by Crippen LogP contribution is 2.23. The third kappa shape index (κ3) is 4.87. The lowest BCUT2D eigenvalue weighted by atomic mass is 10.0. The lowest BCUT2D eigenvalue weighted by molar-refractivity contribution is 0.307. The molecule has 2 rings (SSSR count). The zero-order valence-corrected chi connectivity index (χ0v) is 14.2. The van der Waals surface area contributed by atoms with E-state index < -0.39 is 0 Å². The lowest BCUT2D eigenvalue weighted by Crippen LogP contribution is -2.23. The van der Waals surface area contributed by atoms with Gasteiger partial charge in [0, 0.05) is 17.5 Å². The summed E-state index contributed by atoms with van der Waals surface area (Å²) in [6, 6.07) is 11.1. The maximum atomic E-state index is 5.89. The molecular formula is C18H25NOS. The van der Waals surface area contributed by atoms with E-state index in [9.17, 15) is 0 Å². The normalized spacial score (nSPS) is 12.6. The van der Waals surface area contributed by atoms with Crippen molar-refractivity contribution in [3.63, 3.8) is 0 Å². The first kappa shape index (κ1) is 16.1. The van der Waals surface area contributed by atoms with Crippen molar-refractivity contribution in [1.82, 2.24) is 5.32 Å². The van der Waals surface area contributed by atoms with Gasteiger partial charge in [0.25, 0.3) is 0 Å². The zero-order chi connectivity index (χ0) is 15.2. The molecule has 0 aliphatic carbocycles. The Morgan fingerprint density at radius 2 is 2.00 bits per heavy atom. The Labute approximate surface area is 132 Å². The highest BCUT2D eigenvalue weighted by atomic mass is 32.1. The van der Waals surface area contributed by atoms with Crippen LogP contribution >= 0.6 is 11.3 Å². The molecule has 0 bridgehead atoms. The minimum Gasteiger partial charge on any atom is -0.492 e. The summed E-state index contributed by atoms with van der Waals surface area (Å²) in [5.74, 6) is 1.51. The Hall–Kier alpha value is -1.32. The second-order valence-electron chi connectivity index (χ2n) is 5.77. The average Bonchev–Trinajstić information content (AvgIpc) is 2.97. The molecule has 0 aliphatic heterocycles. The maximum Gasteiger partial charge on any atom is 0.119 e.